The van der Waals surface area contributed by atoms with Gasteiger partial charge in [0.2, 0.25) is 5.91 Å². The van der Waals surface area contributed by atoms with Gasteiger partial charge in [-0.3, -0.25) is 4.79 Å². The summed E-state index contributed by atoms with van der Waals surface area (Å²) in [6, 6.07) is 0. The predicted molar refractivity (Wildman–Crippen MR) is 79.8 cm³/mol. The fourth-order valence-electron chi connectivity index (χ4n) is 1.93. The van der Waals surface area contributed by atoms with Gasteiger partial charge in [-0.15, -0.1) is 0 Å². The normalized spacial score (nSPS) is 21.5. The fourth-order valence-corrected chi connectivity index (χ4v) is 4.92. The molecular weight excluding hydrogens is 284 g/mol. The molecule has 0 radical (unpaired) electrons. The van der Waals surface area contributed by atoms with Crippen LogP contribution in [-0.2, 0) is 14.6 Å². The molecule has 0 bridgehead atoms. The van der Waals surface area contributed by atoms with E-state index in [0.717, 1.165) is 5.75 Å². The molecule has 0 aliphatic carbocycles. The van der Waals surface area contributed by atoms with Gasteiger partial charge in [-0.05, 0) is 20.3 Å². The lowest BCUT2D eigenvalue weighted by Gasteiger charge is -2.35. The smallest absolute Gasteiger partial charge is 0.223 e. The zero-order valence-corrected chi connectivity index (χ0v) is 13.5. The SMILES string of the molecule is CCS(=O)(=O)C1CSCCN1C(=O)CCC(C)(C)N. The summed E-state index contributed by atoms with van der Waals surface area (Å²) in [7, 11) is -3.22. The molecule has 0 aromatic heterocycles. The molecule has 1 rings (SSSR count). The average Bonchev–Trinajstić information content (AvgIpc) is 2.35. The van der Waals surface area contributed by atoms with Crippen molar-refractivity contribution in [3.8, 4) is 0 Å². The Labute approximate surface area is 120 Å². The Bertz CT molecular complexity index is 415. The number of amides is 1. The first kappa shape index (κ1) is 16.8. The third-order valence-electron chi connectivity index (χ3n) is 3.21. The Hall–Kier alpha value is -0.270. The highest BCUT2D eigenvalue weighted by Gasteiger charge is 2.35. The number of carbonyl (C=O) groups excluding carboxylic acids is 1. The fraction of sp³-hybridized carbons (Fsp3) is 0.917. The summed E-state index contributed by atoms with van der Waals surface area (Å²) in [5.74, 6) is 1.26. The number of hydrogen-bond donors (Lipinski definition) is 1. The molecule has 1 fully saturated rings. The van der Waals surface area contributed by atoms with Crippen molar-refractivity contribution in [2.24, 2.45) is 5.73 Å². The second-order valence-corrected chi connectivity index (χ2v) is 9.15. The summed E-state index contributed by atoms with van der Waals surface area (Å²) < 4.78 is 24.1. The second-order valence-electron chi connectivity index (χ2n) is 5.56. The summed E-state index contributed by atoms with van der Waals surface area (Å²) in [5, 5.41) is -0.662. The minimum atomic E-state index is -3.22. The van der Waals surface area contributed by atoms with Gasteiger partial charge in [-0.1, -0.05) is 6.92 Å². The van der Waals surface area contributed by atoms with E-state index in [1.54, 1.807) is 18.7 Å². The van der Waals surface area contributed by atoms with E-state index in [-0.39, 0.29) is 11.7 Å². The number of sulfone groups is 1. The Morgan fingerprint density at radius 2 is 2.11 bits per heavy atom. The van der Waals surface area contributed by atoms with Gasteiger partial charge < -0.3 is 10.6 Å². The largest absolute Gasteiger partial charge is 0.326 e. The summed E-state index contributed by atoms with van der Waals surface area (Å²) in [6.07, 6.45) is 0.873. The van der Waals surface area contributed by atoms with Crippen LogP contribution in [0.3, 0.4) is 0 Å². The summed E-state index contributed by atoms with van der Waals surface area (Å²) in [4.78, 5) is 13.7. The van der Waals surface area contributed by atoms with Gasteiger partial charge >= 0.3 is 0 Å². The third-order valence-corrected chi connectivity index (χ3v) is 6.49. The van der Waals surface area contributed by atoms with Crippen LogP contribution >= 0.6 is 11.8 Å². The zero-order chi connectivity index (χ0) is 14.7. The molecule has 0 spiro atoms. The molecule has 112 valence electrons. The first-order valence-electron chi connectivity index (χ1n) is 6.55. The number of thioether (sulfide) groups is 1. The molecular formula is C12H24N2O3S2. The highest BCUT2D eigenvalue weighted by Crippen LogP contribution is 2.23. The number of nitrogens with zero attached hydrogens (tertiary/aromatic N) is 1. The molecule has 1 saturated heterocycles. The molecule has 19 heavy (non-hydrogen) atoms. The Morgan fingerprint density at radius 1 is 1.47 bits per heavy atom. The highest BCUT2D eigenvalue weighted by atomic mass is 32.2. The van der Waals surface area contributed by atoms with E-state index in [0.29, 0.717) is 25.1 Å². The van der Waals surface area contributed by atoms with Gasteiger partial charge in [0, 0.05) is 35.8 Å². The van der Waals surface area contributed by atoms with Gasteiger partial charge in [0.1, 0.15) is 5.37 Å². The molecule has 1 aliphatic heterocycles. The lowest BCUT2D eigenvalue weighted by molar-refractivity contribution is -0.131. The van der Waals surface area contributed by atoms with Crippen LogP contribution in [0.2, 0.25) is 0 Å². The summed E-state index contributed by atoms with van der Waals surface area (Å²) >= 11 is 1.59. The predicted octanol–water partition coefficient (Wildman–Crippen LogP) is 0.840. The van der Waals surface area contributed by atoms with Gasteiger partial charge in [0.25, 0.3) is 0 Å². The molecule has 1 heterocycles. The maximum absolute atomic E-state index is 12.2. The van der Waals surface area contributed by atoms with Crippen molar-refractivity contribution in [2.45, 2.75) is 44.5 Å². The second kappa shape index (κ2) is 6.45. The van der Waals surface area contributed by atoms with Crippen LogP contribution in [0.15, 0.2) is 0 Å². The quantitative estimate of drug-likeness (QED) is 0.814. The van der Waals surface area contributed by atoms with Crippen molar-refractivity contribution in [1.29, 1.82) is 0 Å². The highest BCUT2D eigenvalue weighted by molar-refractivity contribution is 8.01. The average molecular weight is 308 g/mol. The zero-order valence-electron chi connectivity index (χ0n) is 11.9. The molecule has 5 nitrogen and oxygen atoms in total. The van der Waals surface area contributed by atoms with Crippen molar-refractivity contribution in [1.82, 2.24) is 4.90 Å². The molecule has 0 aromatic carbocycles. The lowest BCUT2D eigenvalue weighted by atomic mass is 10.00. The van der Waals surface area contributed by atoms with Crippen molar-refractivity contribution in [3.63, 3.8) is 0 Å². The molecule has 2 N–H and O–H groups in total. The van der Waals surface area contributed by atoms with Crippen molar-refractivity contribution < 1.29 is 13.2 Å². The Morgan fingerprint density at radius 3 is 2.63 bits per heavy atom. The molecule has 7 heteroatoms. The van der Waals surface area contributed by atoms with Crippen LogP contribution in [0.5, 0.6) is 0 Å². The number of nitrogens with two attached hydrogens (primary N) is 1. The molecule has 1 aliphatic rings. The van der Waals surface area contributed by atoms with Crippen molar-refractivity contribution >= 4 is 27.5 Å². The number of carbonyl (C=O) groups is 1. The van der Waals surface area contributed by atoms with Crippen LogP contribution < -0.4 is 5.73 Å². The van der Waals surface area contributed by atoms with E-state index in [1.165, 1.54) is 4.90 Å². The maximum atomic E-state index is 12.2. The summed E-state index contributed by atoms with van der Waals surface area (Å²) in [6.45, 7) is 5.87. The number of hydrogen-bond acceptors (Lipinski definition) is 5. The van der Waals surface area contributed by atoms with E-state index in [2.05, 4.69) is 0 Å². The van der Waals surface area contributed by atoms with E-state index in [4.69, 9.17) is 5.73 Å². The van der Waals surface area contributed by atoms with Crippen LogP contribution in [0.25, 0.3) is 0 Å². The first-order valence-corrected chi connectivity index (χ1v) is 9.42. The van der Waals surface area contributed by atoms with E-state index >= 15 is 0 Å². The van der Waals surface area contributed by atoms with Gasteiger partial charge in [-0.25, -0.2) is 8.42 Å². The van der Waals surface area contributed by atoms with Crippen molar-refractivity contribution in [3.05, 3.63) is 0 Å². The molecule has 1 unspecified atom stereocenters. The Balaban J connectivity index is 2.75. The van der Waals surface area contributed by atoms with Crippen LogP contribution in [-0.4, -0.2) is 53.9 Å². The minimum absolute atomic E-state index is 0.0738. The third kappa shape index (κ3) is 4.96. The topological polar surface area (TPSA) is 80.5 Å². The van der Waals surface area contributed by atoms with Crippen LogP contribution in [0.1, 0.15) is 33.6 Å². The van der Waals surface area contributed by atoms with Crippen molar-refractivity contribution in [2.75, 3.05) is 23.8 Å². The molecule has 1 amide bonds. The first-order chi connectivity index (χ1) is 8.67. The monoisotopic (exact) mass is 308 g/mol. The van der Waals surface area contributed by atoms with Gasteiger partial charge in [0.15, 0.2) is 9.84 Å². The van der Waals surface area contributed by atoms with E-state index in [9.17, 15) is 13.2 Å². The van der Waals surface area contributed by atoms with E-state index in [1.807, 2.05) is 13.8 Å². The number of rotatable bonds is 5. The standard InChI is InChI=1S/C12H24N2O3S2/c1-4-19(16,17)11-9-18-8-7-14(11)10(15)5-6-12(2,3)13/h11H,4-9,13H2,1-3H3. The molecule has 0 saturated carbocycles. The molecule has 1 atom stereocenters. The van der Waals surface area contributed by atoms with Crippen LogP contribution in [0, 0.1) is 0 Å². The minimum Gasteiger partial charge on any atom is -0.326 e. The van der Waals surface area contributed by atoms with Crippen LogP contribution in [0.4, 0.5) is 0 Å². The summed E-state index contributed by atoms with van der Waals surface area (Å²) in [5.41, 5.74) is 5.46. The van der Waals surface area contributed by atoms with Gasteiger partial charge in [0.05, 0.1) is 0 Å². The Kier molecular flexibility index (Phi) is 5.70. The molecule has 0 aromatic rings. The van der Waals surface area contributed by atoms with Gasteiger partial charge in [-0.2, -0.15) is 11.8 Å². The maximum Gasteiger partial charge on any atom is 0.223 e. The lowest BCUT2D eigenvalue weighted by Crippen LogP contribution is -2.51. The van der Waals surface area contributed by atoms with E-state index < -0.39 is 20.8 Å².